The standard InChI is InChI=1S/C20H23N3O4S/c1-13-21-17(14-8-4-2-5-9-14)18(28-13)19(25)27-12-16(24)23-20(26)22-15-10-6-3-7-11-15/h2,4-5,8-9,15H,3,6-7,10-12H2,1H3,(H2,22,23,24,26). The predicted octanol–water partition coefficient (Wildman–Crippen LogP) is 3.43. The maximum Gasteiger partial charge on any atom is 0.351 e. The molecule has 0 unspecified atom stereocenters. The molecule has 1 aromatic heterocycles. The molecule has 1 saturated carbocycles. The van der Waals surface area contributed by atoms with Gasteiger partial charge in [0.2, 0.25) is 0 Å². The van der Waals surface area contributed by atoms with E-state index in [-0.39, 0.29) is 6.04 Å². The lowest BCUT2D eigenvalue weighted by atomic mass is 9.96. The van der Waals surface area contributed by atoms with Crippen molar-refractivity contribution in [1.82, 2.24) is 15.6 Å². The summed E-state index contributed by atoms with van der Waals surface area (Å²) in [4.78, 5) is 41.0. The minimum absolute atomic E-state index is 0.0951. The fourth-order valence-electron chi connectivity index (χ4n) is 3.18. The van der Waals surface area contributed by atoms with Gasteiger partial charge in [-0.2, -0.15) is 0 Å². The van der Waals surface area contributed by atoms with Gasteiger partial charge in [0.15, 0.2) is 6.61 Å². The number of esters is 1. The summed E-state index contributed by atoms with van der Waals surface area (Å²) in [6.07, 6.45) is 5.17. The van der Waals surface area contributed by atoms with Crippen LogP contribution in [-0.2, 0) is 9.53 Å². The maximum atomic E-state index is 12.4. The van der Waals surface area contributed by atoms with Gasteiger partial charge in [0, 0.05) is 11.6 Å². The second kappa shape index (κ2) is 9.45. The molecule has 0 aliphatic heterocycles. The Hall–Kier alpha value is -2.74. The first-order valence-corrected chi connectivity index (χ1v) is 10.1. The molecule has 0 saturated heterocycles. The van der Waals surface area contributed by atoms with Gasteiger partial charge in [0.1, 0.15) is 4.88 Å². The van der Waals surface area contributed by atoms with Gasteiger partial charge in [-0.3, -0.25) is 10.1 Å². The third kappa shape index (κ3) is 5.39. The van der Waals surface area contributed by atoms with Gasteiger partial charge in [-0.25, -0.2) is 14.6 Å². The summed E-state index contributed by atoms with van der Waals surface area (Å²) in [6.45, 7) is 1.28. The molecule has 1 aliphatic rings. The van der Waals surface area contributed by atoms with E-state index in [0.29, 0.717) is 10.6 Å². The molecule has 0 atom stereocenters. The molecular weight excluding hydrogens is 378 g/mol. The molecule has 1 fully saturated rings. The minimum atomic E-state index is -0.663. The van der Waals surface area contributed by atoms with E-state index >= 15 is 0 Å². The molecule has 2 N–H and O–H groups in total. The van der Waals surface area contributed by atoms with E-state index in [0.717, 1.165) is 36.3 Å². The highest BCUT2D eigenvalue weighted by molar-refractivity contribution is 7.14. The SMILES string of the molecule is Cc1nc(-c2ccccc2)c(C(=O)OCC(=O)NC(=O)NC2CCCCC2)s1. The Balaban J connectivity index is 1.53. The van der Waals surface area contributed by atoms with Gasteiger partial charge in [0.25, 0.3) is 5.91 Å². The van der Waals surface area contributed by atoms with E-state index in [1.807, 2.05) is 30.3 Å². The first kappa shape index (κ1) is 20.0. The van der Waals surface area contributed by atoms with Crippen molar-refractivity contribution in [2.75, 3.05) is 6.61 Å². The van der Waals surface area contributed by atoms with Gasteiger partial charge >= 0.3 is 12.0 Å². The van der Waals surface area contributed by atoms with Crippen molar-refractivity contribution >= 4 is 29.2 Å². The molecule has 1 aromatic carbocycles. The average Bonchev–Trinajstić information content (AvgIpc) is 3.09. The van der Waals surface area contributed by atoms with Crippen molar-refractivity contribution in [1.29, 1.82) is 0 Å². The third-order valence-corrected chi connectivity index (χ3v) is 5.45. The number of urea groups is 1. The van der Waals surface area contributed by atoms with Crippen molar-refractivity contribution < 1.29 is 19.1 Å². The highest BCUT2D eigenvalue weighted by atomic mass is 32.1. The molecule has 3 rings (SSSR count). The van der Waals surface area contributed by atoms with Crippen LogP contribution in [0.5, 0.6) is 0 Å². The Morgan fingerprint density at radius 1 is 1.14 bits per heavy atom. The van der Waals surface area contributed by atoms with Crippen molar-refractivity contribution in [3.05, 3.63) is 40.2 Å². The zero-order chi connectivity index (χ0) is 19.9. The summed E-state index contributed by atoms with van der Waals surface area (Å²) in [5.74, 6) is -1.29. The fraction of sp³-hybridized carbons (Fsp3) is 0.400. The molecule has 3 amide bonds. The van der Waals surface area contributed by atoms with Crippen molar-refractivity contribution in [2.24, 2.45) is 0 Å². The van der Waals surface area contributed by atoms with Crippen LogP contribution in [-0.4, -0.2) is 35.5 Å². The molecule has 1 aliphatic carbocycles. The number of nitrogens with one attached hydrogen (secondary N) is 2. The molecule has 8 heteroatoms. The van der Waals surface area contributed by atoms with E-state index in [9.17, 15) is 14.4 Å². The summed E-state index contributed by atoms with van der Waals surface area (Å²) in [5.41, 5.74) is 1.33. The third-order valence-electron chi connectivity index (χ3n) is 4.49. The average molecular weight is 401 g/mol. The molecule has 7 nitrogen and oxygen atoms in total. The van der Waals surface area contributed by atoms with Crippen LogP contribution in [0.25, 0.3) is 11.3 Å². The number of aromatic nitrogens is 1. The van der Waals surface area contributed by atoms with E-state index in [1.165, 1.54) is 17.8 Å². The molecular formula is C20H23N3O4S. The summed E-state index contributed by atoms with van der Waals surface area (Å²) in [6, 6.07) is 8.85. The summed E-state index contributed by atoms with van der Waals surface area (Å²) >= 11 is 1.21. The molecule has 0 bridgehead atoms. The topological polar surface area (TPSA) is 97.4 Å². The highest BCUT2D eigenvalue weighted by Crippen LogP contribution is 2.28. The summed E-state index contributed by atoms with van der Waals surface area (Å²) < 4.78 is 5.10. The smallest absolute Gasteiger partial charge is 0.351 e. The van der Waals surface area contributed by atoms with Gasteiger partial charge in [-0.05, 0) is 19.8 Å². The van der Waals surface area contributed by atoms with E-state index < -0.39 is 24.5 Å². The van der Waals surface area contributed by atoms with Crippen molar-refractivity contribution in [3.8, 4) is 11.3 Å². The monoisotopic (exact) mass is 401 g/mol. The van der Waals surface area contributed by atoms with Crippen LogP contribution in [0.4, 0.5) is 4.79 Å². The summed E-state index contributed by atoms with van der Waals surface area (Å²) in [7, 11) is 0. The first-order valence-electron chi connectivity index (χ1n) is 9.33. The van der Waals surface area contributed by atoms with E-state index in [1.54, 1.807) is 6.92 Å². The molecule has 0 radical (unpaired) electrons. The van der Waals surface area contributed by atoms with Crippen molar-refractivity contribution in [3.63, 3.8) is 0 Å². The normalized spacial score (nSPS) is 14.3. The van der Waals surface area contributed by atoms with E-state index in [4.69, 9.17) is 4.74 Å². The number of hydrogen-bond acceptors (Lipinski definition) is 6. The number of amides is 3. The Morgan fingerprint density at radius 3 is 2.57 bits per heavy atom. The van der Waals surface area contributed by atoms with Crippen LogP contribution >= 0.6 is 11.3 Å². The van der Waals surface area contributed by atoms with Crippen LogP contribution in [0.15, 0.2) is 30.3 Å². The zero-order valence-corrected chi connectivity index (χ0v) is 16.5. The van der Waals surface area contributed by atoms with Crippen LogP contribution < -0.4 is 10.6 Å². The number of benzene rings is 1. The Kier molecular flexibility index (Phi) is 6.76. The second-order valence-corrected chi connectivity index (χ2v) is 7.91. The van der Waals surface area contributed by atoms with Gasteiger partial charge < -0.3 is 10.1 Å². The minimum Gasteiger partial charge on any atom is -0.451 e. The van der Waals surface area contributed by atoms with Gasteiger partial charge in [0.05, 0.1) is 10.7 Å². The van der Waals surface area contributed by atoms with Gasteiger partial charge in [-0.15, -0.1) is 11.3 Å². The van der Waals surface area contributed by atoms with E-state index in [2.05, 4.69) is 15.6 Å². The molecule has 148 valence electrons. The summed E-state index contributed by atoms with van der Waals surface area (Å²) in [5, 5.41) is 5.72. The lowest BCUT2D eigenvalue weighted by Gasteiger charge is -2.22. The number of carbonyl (C=O) groups is 3. The lowest BCUT2D eigenvalue weighted by Crippen LogP contribution is -2.46. The van der Waals surface area contributed by atoms with Crippen LogP contribution in [0.1, 0.15) is 46.8 Å². The largest absolute Gasteiger partial charge is 0.451 e. The number of imide groups is 1. The fourth-order valence-corrected chi connectivity index (χ4v) is 4.02. The molecule has 2 aromatic rings. The highest BCUT2D eigenvalue weighted by Gasteiger charge is 2.21. The number of aryl methyl sites for hydroxylation is 1. The van der Waals surface area contributed by atoms with Crippen molar-refractivity contribution in [2.45, 2.75) is 45.1 Å². The van der Waals surface area contributed by atoms with Crippen LogP contribution in [0, 0.1) is 6.92 Å². The quantitative estimate of drug-likeness (QED) is 0.748. The van der Waals surface area contributed by atoms with Crippen LogP contribution in [0.3, 0.4) is 0 Å². The second-order valence-electron chi connectivity index (χ2n) is 6.71. The first-order chi connectivity index (χ1) is 13.5. The lowest BCUT2D eigenvalue weighted by molar-refractivity contribution is -0.123. The Morgan fingerprint density at radius 2 is 1.86 bits per heavy atom. The molecule has 28 heavy (non-hydrogen) atoms. The molecule has 0 spiro atoms. The Bertz CT molecular complexity index is 844. The predicted molar refractivity (Wildman–Crippen MR) is 106 cm³/mol. The van der Waals surface area contributed by atoms with Crippen LogP contribution in [0.2, 0.25) is 0 Å². The maximum absolute atomic E-state index is 12.4. The zero-order valence-electron chi connectivity index (χ0n) is 15.7. The van der Waals surface area contributed by atoms with Gasteiger partial charge in [-0.1, -0.05) is 49.6 Å². The Labute approximate surface area is 167 Å². The number of ether oxygens (including phenoxy) is 1. The number of thiazole rings is 1. The molecule has 1 heterocycles. The number of rotatable bonds is 5. The number of hydrogen-bond donors (Lipinski definition) is 2. The number of carbonyl (C=O) groups excluding carboxylic acids is 3. The number of nitrogens with zero attached hydrogens (tertiary/aromatic N) is 1.